The molecule has 0 spiro atoms. The van der Waals surface area contributed by atoms with Crippen LogP contribution in [0, 0.1) is 5.92 Å². The predicted octanol–water partition coefficient (Wildman–Crippen LogP) is 1.73. The second kappa shape index (κ2) is 4.93. The third-order valence-corrected chi connectivity index (χ3v) is 3.83. The Morgan fingerprint density at radius 3 is 3.19 bits per heavy atom. The number of thiazole rings is 1. The van der Waals surface area contributed by atoms with Gasteiger partial charge in [0.05, 0.1) is 5.01 Å². The first-order valence-electron chi connectivity index (χ1n) is 5.51. The molecule has 0 bridgehead atoms. The minimum atomic E-state index is -0.928. The van der Waals surface area contributed by atoms with Crippen molar-refractivity contribution in [1.29, 1.82) is 0 Å². The molecule has 1 unspecified atom stereocenters. The van der Waals surface area contributed by atoms with Crippen molar-refractivity contribution in [2.24, 2.45) is 5.92 Å². The highest BCUT2D eigenvalue weighted by atomic mass is 32.1. The number of aromatic carboxylic acids is 1. The first-order valence-corrected chi connectivity index (χ1v) is 6.39. The summed E-state index contributed by atoms with van der Waals surface area (Å²) in [7, 11) is 2.14. The number of carbonyl (C=O) groups is 1. The molecule has 1 aromatic rings. The van der Waals surface area contributed by atoms with Crippen molar-refractivity contribution in [1.82, 2.24) is 9.88 Å². The maximum absolute atomic E-state index is 10.7. The lowest BCUT2D eigenvalue weighted by Gasteiger charge is -2.29. The van der Waals surface area contributed by atoms with Gasteiger partial charge < -0.3 is 10.0 Å². The summed E-state index contributed by atoms with van der Waals surface area (Å²) in [4.78, 5) is 17.2. The zero-order chi connectivity index (χ0) is 11.5. The summed E-state index contributed by atoms with van der Waals surface area (Å²) in [5, 5.41) is 11.4. The van der Waals surface area contributed by atoms with Crippen molar-refractivity contribution in [2.75, 3.05) is 20.1 Å². The maximum Gasteiger partial charge on any atom is 0.355 e. The van der Waals surface area contributed by atoms with Gasteiger partial charge in [-0.05, 0) is 32.4 Å². The number of rotatable bonds is 3. The number of aromatic nitrogens is 1. The third-order valence-electron chi connectivity index (χ3n) is 2.96. The van der Waals surface area contributed by atoms with Crippen LogP contribution in [0.1, 0.15) is 28.3 Å². The van der Waals surface area contributed by atoms with Crippen LogP contribution in [0.5, 0.6) is 0 Å². The van der Waals surface area contributed by atoms with Crippen molar-refractivity contribution in [3.63, 3.8) is 0 Å². The summed E-state index contributed by atoms with van der Waals surface area (Å²) in [5.74, 6) is -0.296. The molecule has 16 heavy (non-hydrogen) atoms. The van der Waals surface area contributed by atoms with Crippen LogP contribution >= 0.6 is 11.3 Å². The molecular formula is C11H16N2O2S. The molecule has 0 saturated carbocycles. The van der Waals surface area contributed by atoms with Gasteiger partial charge in [-0.15, -0.1) is 11.3 Å². The van der Waals surface area contributed by atoms with E-state index in [2.05, 4.69) is 16.9 Å². The Kier molecular flexibility index (Phi) is 3.56. The van der Waals surface area contributed by atoms with Crippen LogP contribution in [-0.2, 0) is 6.42 Å². The normalized spacial score (nSPS) is 22.2. The van der Waals surface area contributed by atoms with Crippen molar-refractivity contribution < 1.29 is 9.90 Å². The molecule has 1 atom stereocenters. The SMILES string of the molecule is CN1CCCC(Cc2nc(C(=O)O)cs2)C1. The molecule has 88 valence electrons. The van der Waals surface area contributed by atoms with Crippen LogP contribution in [0.4, 0.5) is 0 Å². The van der Waals surface area contributed by atoms with Crippen LogP contribution in [0.3, 0.4) is 0 Å². The average Bonchev–Trinajstić information content (AvgIpc) is 2.66. The molecule has 2 rings (SSSR count). The topological polar surface area (TPSA) is 53.4 Å². The van der Waals surface area contributed by atoms with Gasteiger partial charge in [-0.25, -0.2) is 9.78 Å². The maximum atomic E-state index is 10.7. The lowest BCUT2D eigenvalue weighted by Crippen LogP contribution is -2.32. The Labute approximate surface area is 98.9 Å². The van der Waals surface area contributed by atoms with E-state index in [1.165, 1.54) is 30.7 Å². The lowest BCUT2D eigenvalue weighted by atomic mass is 9.95. The summed E-state index contributed by atoms with van der Waals surface area (Å²) < 4.78 is 0. The molecule has 0 amide bonds. The van der Waals surface area contributed by atoms with E-state index >= 15 is 0 Å². The smallest absolute Gasteiger partial charge is 0.355 e. The van der Waals surface area contributed by atoms with Crippen molar-refractivity contribution in [2.45, 2.75) is 19.3 Å². The number of carboxylic acids is 1. The van der Waals surface area contributed by atoms with Gasteiger partial charge in [0.2, 0.25) is 0 Å². The van der Waals surface area contributed by atoms with Gasteiger partial charge in [-0.1, -0.05) is 0 Å². The largest absolute Gasteiger partial charge is 0.476 e. The van der Waals surface area contributed by atoms with Crippen LogP contribution in [0.15, 0.2) is 5.38 Å². The summed E-state index contributed by atoms with van der Waals surface area (Å²) in [5.41, 5.74) is 0.184. The molecule has 1 aliphatic rings. The Morgan fingerprint density at radius 1 is 1.75 bits per heavy atom. The van der Waals surface area contributed by atoms with E-state index in [4.69, 9.17) is 5.11 Å². The Morgan fingerprint density at radius 2 is 2.56 bits per heavy atom. The molecule has 1 fully saturated rings. The van der Waals surface area contributed by atoms with Crippen LogP contribution in [-0.4, -0.2) is 41.1 Å². The zero-order valence-corrected chi connectivity index (χ0v) is 10.2. The predicted molar refractivity (Wildman–Crippen MR) is 63.0 cm³/mol. The molecule has 1 aliphatic heterocycles. The summed E-state index contributed by atoms with van der Waals surface area (Å²) in [6.45, 7) is 2.27. The summed E-state index contributed by atoms with van der Waals surface area (Å²) in [6.07, 6.45) is 3.38. The van der Waals surface area contributed by atoms with Gasteiger partial charge in [0.15, 0.2) is 5.69 Å². The second-order valence-corrected chi connectivity index (χ2v) is 5.35. The Hall–Kier alpha value is -0.940. The molecule has 0 aliphatic carbocycles. The first kappa shape index (κ1) is 11.5. The highest BCUT2D eigenvalue weighted by molar-refractivity contribution is 7.09. The van der Waals surface area contributed by atoms with Crippen molar-refractivity contribution in [3.05, 3.63) is 16.1 Å². The van der Waals surface area contributed by atoms with E-state index in [-0.39, 0.29) is 5.69 Å². The minimum absolute atomic E-state index is 0.184. The second-order valence-electron chi connectivity index (χ2n) is 4.41. The molecule has 1 N–H and O–H groups in total. The van der Waals surface area contributed by atoms with E-state index in [0.717, 1.165) is 18.0 Å². The zero-order valence-electron chi connectivity index (χ0n) is 9.35. The average molecular weight is 240 g/mol. The van der Waals surface area contributed by atoms with E-state index in [0.29, 0.717) is 5.92 Å². The Balaban J connectivity index is 1.95. The fourth-order valence-corrected chi connectivity index (χ4v) is 3.07. The lowest BCUT2D eigenvalue weighted by molar-refractivity contribution is 0.0691. The van der Waals surface area contributed by atoms with Gasteiger partial charge >= 0.3 is 5.97 Å². The van der Waals surface area contributed by atoms with E-state index in [9.17, 15) is 4.79 Å². The van der Waals surface area contributed by atoms with E-state index < -0.39 is 5.97 Å². The molecule has 5 heteroatoms. The summed E-state index contributed by atoms with van der Waals surface area (Å²) >= 11 is 1.46. The highest BCUT2D eigenvalue weighted by Crippen LogP contribution is 2.21. The minimum Gasteiger partial charge on any atom is -0.476 e. The van der Waals surface area contributed by atoms with Gasteiger partial charge in [0, 0.05) is 18.3 Å². The molecule has 1 aromatic heterocycles. The molecule has 0 aromatic carbocycles. The third kappa shape index (κ3) is 2.80. The molecule has 2 heterocycles. The van der Waals surface area contributed by atoms with Gasteiger partial charge in [-0.3, -0.25) is 0 Å². The quantitative estimate of drug-likeness (QED) is 0.874. The number of nitrogens with zero attached hydrogens (tertiary/aromatic N) is 2. The fraction of sp³-hybridized carbons (Fsp3) is 0.636. The van der Waals surface area contributed by atoms with Gasteiger partial charge in [0.1, 0.15) is 0 Å². The van der Waals surface area contributed by atoms with Gasteiger partial charge in [0.25, 0.3) is 0 Å². The Bertz CT molecular complexity index is 378. The summed E-state index contributed by atoms with van der Waals surface area (Å²) in [6, 6.07) is 0. The van der Waals surface area contributed by atoms with Crippen molar-refractivity contribution in [3.8, 4) is 0 Å². The standard InChI is InChI=1S/C11H16N2O2S/c1-13-4-2-3-8(6-13)5-10-12-9(7-16-10)11(14)15/h7-8H,2-6H2,1H3,(H,14,15). The van der Waals surface area contributed by atoms with E-state index in [1.54, 1.807) is 5.38 Å². The molecule has 4 nitrogen and oxygen atoms in total. The molecular weight excluding hydrogens is 224 g/mol. The monoisotopic (exact) mass is 240 g/mol. The van der Waals surface area contributed by atoms with Crippen LogP contribution in [0.2, 0.25) is 0 Å². The van der Waals surface area contributed by atoms with Crippen LogP contribution < -0.4 is 0 Å². The van der Waals surface area contributed by atoms with Crippen LogP contribution in [0.25, 0.3) is 0 Å². The number of hydrogen-bond acceptors (Lipinski definition) is 4. The number of carboxylic acid groups (broad SMARTS) is 1. The molecule has 0 radical (unpaired) electrons. The highest BCUT2D eigenvalue weighted by Gasteiger charge is 2.19. The number of hydrogen-bond donors (Lipinski definition) is 1. The van der Waals surface area contributed by atoms with E-state index in [1.807, 2.05) is 0 Å². The molecule has 1 saturated heterocycles. The van der Waals surface area contributed by atoms with Gasteiger partial charge in [-0.2, -0.15) is 0 Å². The fourth-order valence-electron chi connectivity index (χ4n) is 2.19. The number of likely N-dealkylation sites (tertiary alicyclic amines) is 1. The van der Waals surface area contributed by atoms with Crippen molar-refractivity contribution >= 4 is 17.3 Å². The first-order chi connectivity index (χ1) is 7.65. The number of piperidine rings is 1.